The zero-order valence-corrected chi connectivity index (χ0v) is 9.72. The largest absolute Gasteiger partial charge is 0.383 e. The van der Waals surface area contributed by atoms with Crippen molar-refractivity contribution in [2.75, 3.05) is 32.2 Å². The second-order valence-corrected chi connectivity index (χ2v) is 3.59. The number of halogens is 2. The molecule has 0 bridgehead atoms. The van der Waals surface area contributed by atoms with Crippen LogP contribution in [0.5, 0.6) is 0 Å². The SMILES string of the molecule is COCCN(C)c1ccc(F)cc1CCl. The minimum Gasteiger partial charge on any atom is -0.383 e. The van der Waals surface area contributed by atoms with Crippen molar-refractivity contribution in [3.63, 3.8) is 0 Å². The van der Waals surface area contributed by atoms with E-state index in [1.807, 2.05) is 11.9 Å². The summed E-state index contributed by atoms with van der Waals surface area (Å²) in [6.07, 6.45) is 0. The zero-order valence-electron chi connectivity index (χ0n) is 8.96. The van der Waals surface area contributed by atoms with Gasteiger partial charge in [0.1, 0.15) is 5.82 Å². The Morgan fingerprint density at radius 1 is 1.47 bits per heavy atom. The number of alkyl halides is 1. The minimum atomic E-state index is -0.255. The highest BCUT2D eigenvalue weighted by Gasteiger charge is 2.07. The van der Waals surface area contributed by atoms with Crippen LogP contribution in [0.25, 0.3) is 0 Å². The Hall–Kier alpha value is -0.800. The summed E-state index contributed by atoms with van der Waals surface area (Å²) < 4.78 is 17.9. The van der Waals surface area contributed by atoms with E-state index in [1.54, 1.807) is 13.2 Å². The highest BCUT2D eigenvalue weighted by atomic mass is 35.5. The number of hydrogen-bond acceptors (Lipinski definition) is 2. The lowest BCUT2D eigenvalue weighted by atomic mass is 10.2. The van der Waals surface area contributed by atoms with Gasteiger partial charge in [0.25, 0.3) is 0 Å². The maximum absolute atomic E-state index is 12.9. The standard InChI is InChI=1S/C11H15ClFNO/c1-14(5-6-15-2)11-4-3-10(13)7-9(11)8-12/h3-4,7H,5-6,8H2,1-2H3. The zero-order chi connectivity index (χ0) is 11.3. The highest BCUT2D eigenvalue weighted by molar-refractivity contribution is 6.17. The lowest BCUT2D eigenvalue weighted by molar-refractivity contribution is 0.206. The Morgan fingerprint density at radius 2 is 2.20 bits per heavy atom. The number of benzene rings is 1. The molecule has 4 heteroatoms. The smallest absolute Gasteiger partial charge is 0.123 e. The summed E-state index contributed by atoms with van der Waals surface area (Å²) in [6, 6.07) is 4.64. The molecule has 0 radical (unpaired) electrons. The fourth-order valence-electron chi connectivity index (χ4n) is 1.38. The average Bonchev–Trinajstić information content (AvgIpc) is 2.25. The fraction of sp³-hybridized carbons (Fsp3) is 0.455. The molecule has 0 heterocycles. The number of rotatable bonds is 5. The Balaban J connectivity index is 2.82. The molecule has 0 amide bonds. The molecule has 1 aromatic carbocycles. The molecular weight excluding hydrogens is 217 g/mol. The summed E-state index contributed by atoms with van der Waals surface area (Å²) in [7, 11) is 3.59. The lowest BCUT2D eigenvalue weighted by Gasteiger charge is -2.21. The van der Waals surface area contributed by atoms with Crippen LogP contribution in [0, 0.1) is 5.82 Å². The van der Waals surface area contributed by atoms with Crippen molar-refractivity contribution in [2.24, 2.45) is 0 Å². The molecule has 1 rings (SSSR count). The second kappa shape index (κ2) is 5.93. The Labute approximate surface area is 94.6 Å². The molecule has 2 nitrogen and oxygen atoms in total. The van der Waals surface area contributed by atoms with Crippen LogP contribution in [0.3, 0.4) is 0 Å². The first-order valence-electron chi connectivity index (χ1n) is 4.73. The summed E-state index contributed by atoms with van der Waals surface area (Å²) in [6.45, 7) is 1.39. The molecule has 0 aliphatic heterocycles. The summed E-state index contributed by atoms with van der Waals surface area (Å²) in [5.74, 6) is 0.0549. The number of anilines is 1. The van der Waals surface area contributed by atoms with Crippen LogP contribution in [0.1, 0.15) is 5.56 Å². The van der Waals surface area contributed by atoms with E-state index >= 15 is 0 Å². The number of methoxy groups -OCH3 is 1. The van der Waals surface area contributed by atoms with Gasteiger partial charge in [0.15, 0.2) is 0 Å². The van der Waals surface area contributed by atoms with Crippen molar-refractivity contribution in [3.05, 3.63) is 29.6 Å². The molecular formula is C11H15ClFNO. The van der Waals surface area contributed by atoms with E-state index in [2.05, 4.69) is 0 Å². The Kier molecular flexibility index (Phi) is 4.85. The van der Waals surface area contributed by atoms with Crippen molar-refractivity contribution >= 4 is 17.3 Å². The van der Waals surface area contributed by atoms with E-state index in [0.29, 0.717) is 12.5 Å². The first kappa shape index (κ1) is 12.3. The van der Waals surface area contributed by atoms with Gasteiger partial charge in [0, 0.05) is 32.3 Å². The molecule has 0 aliphatic carbocycles. The fourth-order valence-corrected chi connectivity index (χ4v) is 1.60. The van der Waals surface area contributed by atoms with E-state index in [0.717, 1.165) is 17.8 Å². The third-order valence-electron chi connectivity index (χ3n) is 2.23. The number of hydrogen-bond donors (Lipinski definition) is 0. The van der Waals surface area contributed by atoms with Gasteiger partial charge in [-0.05, 0) is 23.8 Å². The third kappa shape index (κ3) is 3.36. The first-order chi connectivity index (χ1) is 7.19. The third-order valence-corrected chi connectivity index (χ3v) is 2.52. The van der Waals surface area contributed by atoms with Gasteiger partial charge < -0.3 is 9.64 Å². The van der Waals surface area contributed by atoms with Crippen LogP contribution >= 0.6 is 11.6 Å². The first-order valence-corrected chi connectivity index (χ1v) is 5.27. The van der Waals surface area contributed by atoms with Gasteiger partial charge >= 0.3 is 0 Å². The molecule has 0 fully saturated rings. The van der Waals surface area contributed by atoms with E-state index in [9.17, 15) is 4.39 Å². The van der Waals surface area contributed by atoms with Gasteiger partial charge in [0.05, 0.1) is 6.61 Å². The number of ether oxygens (including phenoxy) is 1. The van der Waals surface area contributed by atoms with Crippen molar-refractivity contribution in [1.82, 2.24) is 0 Å². The van der Waals surface area contributed by atoms with Crippen molar-refractivity contribution < 1.29 is 9.13 Å². The molecule has 0 unspecified atom stereocenters. The number of likely N-dealkylation sites (N-methyl/N-ethyl adjacent to an activating group) is 1. The van der Waals surface area contributed by atoms with Crippen LogP contribution < -0.4 is 4.90 Å². The molecule has 0 N–H and O–H groups in total. The molecule has 0 aromatic heterocycles. The van der Waals surface area contributed by atoms with Crippen LogP contribution in [0.15, 0.2) is 18.2 Å². The van der Waals surface area contributed by atoms with Gasteiger partial charge in [-0.1, -0.05) is 0 Å². The average molecular weight is 232 g/mol. The molecule has 0 spiro atoms. The predicted molar refractivity (Wildman–Crippen MR) is 61.1 cm³/mol. The summed E-state index contributed by atoms with van der Waals surface area (Å²) in [4.78, 5) is 2.00. The summed E-state index contributed by atoms with van der Waals surface area (Å²) >= 11 is 5.76. The number of nitrogens with zero attached hydrogens (tertiary/aromatic N) is 1. The van der Waals surface area contributed by atoms with Gasteiger partial charge in [-0.25, -0.2) is 4.39 Å². The topological polar surface area (TPSA) is 12.5 Å². The van der Waals surface area contributed by atoms with Crippen molar-refractivity contribution in [2.45, 2.75) is 5.88 Å². The van der Waals surface area contributed by atoms with Gasteiger partial charge in [-0.15, -0.1) is 11.6 Å². The van der Waals surface area contributed by atoms with E-state index in [1.165, 1.54) is 12.1 Å². The lowest BCUT2D eigenvalue weighted by Crippen LogP contribution is -2.23. The summed E-state index contributed by atoms with van der Waals surface area (Å²) in [5.41, 5.74) is 1.75. The maximum Gasteiger partial charge on any atom is 0.123 e. The Morgan fingerprint density at radius 3 is 2.80 bits per heavy atom. The van der Waals surface area contributed by atoms with Crippen molar-refractivity contribution in [3.8, 4) is 0 Å². The minimum absolute atomic E-state index is 0.255. The van der Waals surface area contributed by atoms with Crippen LogP contribution in [0.4, 0.5) is 10.1 Å². The van der Waals surface area contributed by atoms with Crippen LogP contribution in [-0.2, 0) is 10.6 Å². The van der Waals surface area contributed by atoms with Gasteiger partial charge in [-0.3, -0.25) is 0 Å². The molecule has 1 aromatic rings. The van der Waals surface area contributed by atoms with Crippen LogP contribution in [0.2, 0.25) is 0 Å². The molecule has 15 heavy (non-hydrogen) atoms. The quantitative estimate of drug-likeness (QED) is 0.723. The monoisotopic (exact) mass is 231 g/mol. The maximum atomic E-state index is 12.9. The molecule has 0 saturated heterocycles. The van der Waals surface area contributed by atoms with Gasteiger partial charge in [-0.2, -0.15) is 0 Å². The second-order valence-electron chi connectivity index (χ2n) is 3.32. The highest BCUT2D eigenvalue weighted by Crippen LogP contribution is 2.22. The van der Waals surface area contributed by atoms with E-state index < -0.39 is 0 Å². The molecule has 84 valence electrons. The van der Waals surface area contributed by atoms with E-state index in [-0.39, 0.29) is 5.82 Å². The molecule has 0 aliphatic rings. The van der Waals surface area contributed by atoms with Crippen LogP contribution in [-0.4, -0.2) is 27.3 Å². The normalized spacial score (nSPS) is 10.4. The summed E-state index contributed by atoms with van der Waals surface area (Å²) in [5, 5.41) is 0. The van der Waals surface area contributed by atoms with Crippen molar-refractivity contribution in [1.29, 1.82) is 0 Å². The van der Waals surface area contributed by atoms with Gasteiger partial charge in [0.2, 0.25) is 0 Å². The molecule has 0 saturated carbocycles. The predicted octanol–water partition coefficient (Wildman–Crippen LogP) is 2.65. The Bertz CT molecular complexity index is 319. The molecule has 0 atom stereocenters. The van der Waals surface area contributed by atoms with E-state index in [4.69, 9.17) is 16.3 Å².